The van der Waals surface area contributed by atoms with E-state index in [2.05, 4.69) is 28.3 Å². The molecule has 0 fully saturated rings. The Labute approximate surface area is 159 Å². The summed E-state index contributed by atoms with van der Waals surface area (Å²) < 4.78 is 1.32. The molecule has 4 aromatic rings. The lowest BCUT2D eigenvalue weighted by molar-refractivity contribution is 0.771. The van der Waals surface area contributed by atoms with E-state index in [1.807, 2.05) is 24.3 Å². The molecule has 0 aliphatic heterocycles. The van der Waals surface area contributed by atoms with E-state index in [-0.39, 0.29) is 5.56 Å². The summed E-state index contributed by atoms with van der Waals surface area (Å²) in [7, 11) is 0. The van der Waals surface area contributed by atoms with E-state index in [0.717, 1.165) is 15.3 Å². The van der Waals surface area contributed by atoms with E-state index in [4.69, 9.17) is 11.6 Å². The second-order valence-corrected chi connectivity index (χ2v) is 7.30. The normalized spacial score (nSPS) is 11.5. The van der Waals surface area contributed by atoms with Gasteiger partial charge in [0.25, 0.3) is 5.56 Å². The Morgan fingerprint density at radius 1 is 1.12 bits per heavy atom. The predicted octanol–water partition coefficient (Wildman–Crippen LogP) is 4.97. The van der Waals surface area contributed by atoms with Gasteiger partial charge in [-0.2, -0.15) is 9.78 Å². The predicted molar refractivity (Wildman–Crippen MR) is 108 cm³/mol. The molecule has 2 aromatic carbocycles. The zero-order valence-corrected chi connectivity index (χ0v) is 15.5. The van der Waals surface area contributed by atoms with E-state index in [1.54, 1.807) is 42.7 Å². The molecule has 0 saturated heterocycles. The van der Waals surface area contributed by atoms with Crippen LogP contribution in [-0.2, 0) is 0 Å². The second-order valence-electron chi connectivity index (χ2n) is 5.75. The zero-order valence-electron chi connectivity index (χ0n) is 13.9. The molecule has 6 heteroatoms. The summed E-state index contributed by atoms with van der Waals surface area (Å²) in [4.78, 5) is 19.2. The van der Waals surface area contributed by atoms with E-state index in [1.165, 1.54) is 4.68 Å². The second kappa shape index (κ2) is 6.86. The molecular formula is C20H14ClN3OS. The van der Waals surface area contributed by atoms with Crippen molar-refractivity contribution in [3.05, 3.63) is 86.7 Å². The van der Waals surface area contributed by atoms with Crippen LogP contribution in [0.2, 0.25) is 5.02 Å². The number of halogens is 1. The monoisotopic (exact) mass is 379 g/mol. The number of benzene rings is 2. The molecule has 2 heterocycles. The smallest absolute Gasteiger partial charge is 0.267 e. The molecule has 0 aliphatic rings. The maximum atomic E-state index is 12.7. The molecule has 0 aliphatic carbocycles. The number of nitrogens with zero attached hydrogens (tertiary/aromatic N) is 3. The van der Waals surface area contributed by atoms with Gasteiger partial charge >= 0.3 is 0 Å². The van der Waals surface area contributed by atoms with Crippen LogP contribution in [-0.4, -0.2) is 15.9 Å². The number of thiophene rings is 1. The zero-order chi connectivity index (χ0) is 18.1. The molecule has 0 atom stereocenters. The molecule has 0 unspecified atom stereocenters. The van der Waals surface area contributed by atoms with E-state index in [0.29, 0.717) is 21.7 Å². The summed E-state index contributed by atoms with van der Waals surface area (Å²) >= 11 is 7.60. The van der Waals surface area contributed by atoms with Crippen LogP contribution in [0.4, 0.5) is 0 Å². The number of rotatable bonds is 3. The van der Waals surface area contributed by atoms with Gasteiger partial charge in [0.1, 0.15) is 5.82 Å². The van der Waals surface area contributed by atoms with Crippen molar-refractivity contribution in [2.75, 3.05) is 0 Å². The van der Waals surface area contributed by atoms with E-state index in [9.17, 15) is 4.79 Å². The van der Waals surface area contributed by atoms with Crippen LogP contribution in [0.1, 0.15) is 10.7 Å². The standard InChI is InChI=1S/C20H14ClN3OS/c1-13-23-18-11-15(21)7-9-17(18)20(25)24(13)22-12-16-8-10-19(26-16)14-5-3-2-4-6-14/h2-12H,1H3/b22-12-. The van der Waals surface area contributed by atoms with Crippen LogP contribution in [0.5, 0.6) is 0 Å². The van der Waals surface area contributed by atoms with Crippen LogP contribution < -0.4 is 5.56 Å². The molecule has 128 valence electrons. The Hall–Kier alpha value is -2.76. The lowest BCUT2D eigenvalue weighted by Crippen LogP contribution is -2.20. The molecule has 0 spiro atoms. The number of fused-ring (bicyclic) bond motifs is 1. The molecule has 0 saturated carbocycles. The van der Waals surface area contributed by atoms with Crippen molar-refractivity contribution in [2.24, 2.45) is 5.10 Å². The minimum absolute atomic E-state index is 0.208. The molecule has 0 N–H and O–H groups in total. The van der Waals surface area contributed by atoms with Crippen LogP contribution in [0.25, 0.3) is 21.3 Å². The summed E-state index contributed by atoms with van der Waals surface area (Å²) in [6, 6.07) is 19.2. The molecule has 2 aromatic heterocycles. The van der Waals surface area contributed by atoms with Crippen LogP contribution in [0, 0.1) is 6.92 Å². The third-order valence-corrected chi connectivity index (χ3v) is 5.26. The quantitative estimate of drug-likeness (QED) is 0.472. The Morgan fingerprint density at radius 3 is 2.73 bits per heavy atom. The van der Waals surface area contributed by atoms with Crippen LogP contribution in [0.3, 0.4) is 0 Å². The number of hydrogen-bond donors (Lipinski definition) is 0. The van der Waals surface area contributed by atoms with Crippen LogP contribution >= 0.6 is 22.9 Å². The fourth-order valence-corrected chi connectivity index (χ4v) is 3.74. The molecule has 0 radical (unpaired) electrons. The highest BCUT2D eigenvalue weighted by Crippen LogP contribution is 2.26. The molecule has 4 nitrogen and oxygen atoms in total. The van der Waals surface area contributed by atoms with Gasteiger partial charge in [0.2, 0.25) is 0 Å². The highest BCUT2D eigenvalue weighted by Gasteiger charge is 2.08. The van der Waals surface area contributed by atoms with Crippen molar-refractivity contribution in [2.45, 2.75) is 6.92 Å². The minimum atomic E-state index is -0.208. The van der Waals surface area contributed by atoms with Gasteiger partial charge in [-0.05, 0) is 42.8 Å². The average Bonchev–Trinajstić information content (AvgIpc) is 3.11. The first-order chi connectivity index (χ1) is 12.6. The first kappa shape index (κ1) is 16.7. The van der Waals surface area contributed by atoms with Crippen molar-refractivity contribution in [1.82, 2.24) is 9.66 Å². The summed E-state index contributed by atoms with van der Waals surface area (Å²) in [5, 5.41) is 5.40. The Morgan fingerprint density at radius 2 is 1.92 bits per heavy atom. The van der Waals surface area contributed by atoms with E-state index < -0.39 is 0 Å². The Kier molecular flexibility index (Phi) is 4.41. The van der Waals surface area contributed by atoms with Crippen molar-refractivity contribution >= 4 is 40.1 Å². The van der Waals surface area contributed by atoms with Gasteiger partial charge in [-0.25, -0.2) is 4.98 Å². The molecule has 26 heavy (non-hydrogen) atoms. The lowest BCUT2D eigenvalue weighted by atomic mass is 10.2. The average molecular weight is 380 g/mol. The number of hydrogen-bond acceptors (Lipinski definition) is 4. The van der Waals surface area contributed by atoms with Crippen molar-refractivity contribution < 1.29 is 0 Å². The van der Waals surface area contributed by atoms with Gasteiger partial charge in [-0.15, -0.1) is 11.3 Å². The Balaban J connectivity index is 1.70. The topological polar surface area (TPSA) is 47.2 Å². The van der Waals surface area contributed by atoms with Crippen molar-refractivity contribution in [3.63, 3.8) is 0 Å². The molecular weight excluding hydrogens is 366 g/mol. The maximum absolute atomic E-state index is 12.7. The highest BCUT2D eigenvalue weighted by atomic mass is 35.5. The van der Waals surface area contributed by atoms with Gasteiger partial charge in [-0.3, -0.25) is 4.79 Å². The molecule has 0 bridgehead atoms. The largest absolute Gasteiger partial charge is 0.282 e. The fourth-order valence-electron chi connectivity index (χ4n) is 2.69. The molecule has 4 rings (SSSR count). The maximum Gasteiger partial charge on any atom is 0.282 e. The number of aryl methyl sites for hydroxylation is 1. The SMILES string of the molecule is Cc1nc2cc(Cl)ccc2c(=O)n1/N=C\c1ccc(-c2ccccc2)s1. The first-order valence-corrected chi connectivity index (χ1v) is 9.20. The molecule has 0 amide bonds. The van der Waals surface area contributed by atoms with Gasteiger partial charge in [0.05, 0.1) is 17.1 Å². The lowest BCUT2D eigenvalue weighted by Gasteiger charge is -2.05. The van der Waals surface area contributed by atoms with Gasteiger partial charge in [0.15, 0.2) is 0 Å². The van der Waals surface area contributed by atoms with Gasteiger partial charge in [-0.1, -0.05) is 41.9 Å². The third-order valence-electron chi connectivity index (χ3n) is 3.96. The summed E-state index contributed by atoms with van der Waals surface area (Å²) in [6.07, 6.45) is 1.69. The summed E-state index contributed by atoms with van der Waals surface area (Å²) in [5.74, 6) is 0.515. The summed E-state index contributed by atoms with van der Waals surface area (Å²) in [5.41, 5.74) is 1.53. The minimum Gasteiger partial charge on any atom is -0.267 e. The Bertz CT molecular complexity index is 1180. The summed E-state index contributed by atoms with van der Waals surface area (Å²) in [6.45, 7) is 1.75. The first-order valence-electron chi connectivity index (χ1n) is 8.00. The van der Waals surface area contributed by atoms with Crippen molar-refractivity contribution in [3.8, 4) is 10.4 Å². The van der Waals surface area contributed by atoms with Gasteiger partial charge in [0, 0.05) is 14.8 Å². The fraction of sp³-hybridized carbons (Fsp3) is 0.0500. The highest BCUT2D eigenvalue weighted by molar-refractivity contribution is 7.17. The third kappa shape index (κ3) is 3.19. The van der Waals surface area contributed by atoms with Crippen LogP contribution in [0.15, 0.2) is 70.6 Å². The number of aromatic nitrogens is 2. The van der Waals surface area contributed by atoms with Crippen molar-refractivity contribution in [1.29, 1.82) is 0 Å². The van der Waals surface area contributed by atoms with Gasteiger partial charge < -0.3 is 0 Å². The van der Waals surface area contributed by atoms with E-state index >= 15 is 0 Å².